The summed E-state index contributed by atoms with van der Waals surface area (Å²) in [5.41, 5.74) is 5.03. The van der Waals surface area contributed by atoms with Gasteiger partial charge < -0.3 is 5.32 Å². The van der Waals surface area contributed by atoms with Gasteiger partial charge in [-0.1, -0.05) is 30.1 Å². The SMILES string of the molecule is CC1=CC(C)(C)N2C(=O)/C(=C3/SC(=S)NC3=O)c3cc(C)cc1c32. The Morgan fingerprint density at radius 3 is 2.46 bits per heavy atom. The summed E-state index contributed by atoms with van der Waals surface area (Å²) in [4.78, 5) is 27.7. The summed E-state index contributed by atoms with van der Waals surface area (Å²) in [6.45, 7) is 8.10. The molecule has 0 unspecified atom stereocenters. The molecule has 4 rings (SSSR count). The van der Waals surface area contributed by atoms with E-state index < -0.39 is 5.54 Å². The molecule has 0 radical (unpaired) electrons. The van der Waals surface area contributed by atoms with Crippen LogP contribution in [0.5, 0.6) is 0 Å². The van der Waals surface area contributed by atoms with E-state index in [0.717, 1.165) is 28.0 Å². The second-order valence-electron chi connectivity index (χ2n) is 6.88. The molecule has 3 aliphatic rings. The largest absolute Gasteiger partial charge is 0.307 e. The van der Waals surface area contributed by atoms with Crippen LogP contribution in [-0.2, 0) is 9.59 Å². The number of allylic oxidation sites excluding steroid dienone is 1. The first-order chi connectivity index (χ1) is 11.2. The van der Waals surface area contributed by atoms with Crippen molar-refractivity contribution in [3.05, 3.63) is 39.8 Å². The van der Waals surface area contributed by atoms with Gasteiger partial charge in [0.05, 0.1) is 21.7 Å². The smallest absolute Gasteiger partial charge is 0.264 e. The lowest BCUT2D eigenvalue weighted by Crippen LogP contribution is -2.46. The molecule has 1 N–H and O–H groups in total. The molecule has 122 valence electrons. The predicted octanol–water partition coefficient (Wildman–Crippen LogP) is 3.40. The van der Waals surface area contributed by atoms with Crippen LogP contribution < -0.4 is 10.2 Å². The molecule has 3 heterocycles. The van der Waals surface area contributed by atoms with Crippen molar-refractivity contribution >= 4 is 56.9 Å². The summed E-state index contributed by atoms with van der Waals surface area (Å²) in [5.74, 6) is -0.418. The number of carbonyl (C=O) groups is 2. The van der Waals surface area contributed by atoms with Crippen molar-refractivity contribution in [2.75, 3.05) is 4.90 Å². The van der Waals surface area contributed by atoms with Crippen molar-refractivity contribution < 1.29 is 9.59 Å². The Bertz CT molecular complexity index is 925. The van der Waals surface area contributed by atoms with Crippen molar-refractivity contribution in [1.82, 2.24) is 5.32 Å². The molecular formula is C18H16N2O2S2. The van der Waals surface area contributed by atoms with Gasteiger partial charge in [-0.25, -0.2) is 0 Å². The highest BCUT2D eigenvalue weighted by Crippen LogP contribution is 2.51. The third kappa shape index (κ3) is 1.96. The fraction of sp³-hybridized carbons (Fsp3) is 0.278. The minimum Gasteiger partial charge on any atom is -0.307 e. The minimum atomic E-state index is -0.444. The number of aryl methyl sites for hydroxylation is 1. The Morgan fingerprint density at radius 2 is 1.83 bits per heavy atom. The molecule has 24 heavy (non-hydrogen) atoms. The molecule has 3 aliphatic heterocycles. The number of hydrogen-bond donors (Lipinski definition) is 1. The maximum Gasteiger partial charge on any atom is 0.264 e. The number of rotatable bonds is 0. The van der Waals surface area contributed by atoms with Crippen LogP contribution in [-0.4, -0.2) is 21.7 Å². The topological polar surface area (TPSA) is 49.4 Å². The highest BCUT2D eigenvalue weighted by atomic mass is 32.2. The molecule has 4 nitrogen and oxygen atoms in total. The van der Waals surface area contributed by atoms with Crippen molar-refractivity contribution in [2.24, 2.45) is 0 Å². The molecule has 1 fully saturated rings. The van der Waals surface area contributed by atoms with E-state index in [1.54, 1.807) is 0 Å². The van der Waals surface area contributed by atoms with E-state index in [4.69, 9.17) is 12.2 Å². The van der Waals surface area contributed by atoms with Crippen LogP contribution in [0.2, 0.25) is 0 Å². The van der Waals surface area contributed by atoms with Gasteiger partial charge in [-0.15, -0.1) is 0 Å². The highest BCUT2D eigenvalue weighted by molar-refractivity contribution is 8.27. The standard InChI is InChI=1S/C18H16N2O2S2/c1-8-5-10-9(2)7-18(3,4)20-13(10)11(6-8)12(16(20)22)14-15(21)19-17(23)24-14/h5-7H,1-4H3,(H,19,21,23)/b14-12+. The number of nitrogens with zero attached hydrogens (tertiary/aromatic N) is 1. The highest BCUT2D eigenvalue weighted by Gasteiger charge is 2.47. The van der Waals surface area contributed by atoms with Crippen molar-refractivity contribution in [2.45, 2.75) is 33.2 Å². The lowest BCUT2D eigenvalue weighted by Gasteiger charge is -2.38. The van der Waals surface area contributed by atoms with Crippen LogP contribution in [0.25, 0.3) is 11.1 Å². The second kappa shape index (κ2) is 4.80. The number of thioether (sulfide) groups is 1. The van der Waals surface area contributed by atoms with Gasteiger partial charge >= 0.3 is 0 Å². The quantitative estimate of drug-likeness (QED) is 0.572. The zero-order valence-corrected chi connectivity index (χ0v) is 15.4. The summed E-state index contributed by atoms with van der Waals surface area (Å²) in [7, 11) is 0. The maximum absolute atomic E-state index is 13.3. The van der Waals surface area contributed by atoms with Crippen LogP contribution in [0.1, 0.15) is 37.5 Å². The molecule has 0 aromatic heterocycles. The van der Waals surface area contributed by atoms with Gasteiger partial charge in [-0.3, -0.25) is 14.5 Å². The lowest BCUT2D eigenvalue weighted by molar-refractivity contribution is -0.116. The predicted molar refractivity (Wildman–Crippen MR) is 102 cm³/mol. The number of benzene rings is 1. The average Bonchev–Trinajstić information content (AvgIpc) is 2.92. The molecule has 0 bridgehead atoms. The molecule has 0 aliphatic carbocycles. The molecule has 0 saturated carbocycles. The van der Waals surface area contributed by atoms with Gasteiger partial charge in [0.1, 0.15) is 4.32 Å². The van der Waals surface area contributed by atoms with E-state index in [1.165, 1.54) is 11.8 Å². The fourth-order valence-corrected chi connectivity index (χ4v) is 4.87. The average molecular weight is 356 g/mol. The molecule has 1 aromatic rings. The Morgan fingerprint density at radius 1 is 1.17 bits per heavy atom. The van der Waals surface area contributed by atoms with Gasteiger partial charge in [0.2, 0.25) is 0 Å². The normalized spacial score (nSPS) is 24.2. The van der Waals surface area contributed by atoms with E-state index in [0.29, 0.717) is 14.8 Å². The molecular weight excluding hydrogens is 340 g/mol. The van der Waals surface area contributed by atoms with Crippen LogP contribution in [0.4, 0.5) is 5.69 Å². The monoisotopic (exact) mass is 356 g/mol. The van der Waals surface area contributed by atoms with E-state index in [-0.39, 0.29) is 11.8 Å². The fourth-order valence-electron chi connectivity index (χ4n) is 3.76. The molecule has 0 spiro atoms. The summed E-state index contributed by atoms with van der Waals surface area (Å²) >= 11 is 6.26. The molecule has 1 saturated heterocycles. The van der Waals surface area contributed by atoms with Gasteiger partial charge in [-0.05, 0) is 51.0 Å². The number of anilines is 1. The number of hydrogen-bond acceptors (Lipinski definition) is 4. The summed E-state index contributed by atoms with van der Waals surface area (Å²) in [5, 5.41) is 2.62. The Labute approximate surface area is 150 Å². The molecule has 6 heteroatoms. The first-order valence-electron chi connectivity index (χ1n) is 7.67. The Hall–Kier alpha value is -1.92. The first kappa shape index (κ1) is 15.6. The zero-order chi connectivity index (χ0) is 17.4. The van der Waals surface area contributed by atoms with Crippen molar-refractivity contribution in [3.8, 4) is 0 Å². The number of nitrogens with one attached hydrogen (secondary N) is 1. The lowest BCUT2D eigenvalue weighted by atomic mass is 9.88. The first-order valence-corrected chi connectivity index (χ1v) is 8.90. The van der Waals surface area contributed by atoms with Gasteiger partial charge in [-0.2, -0.15) is 0 Å². The number of amides is 2. The minimum absolute atomic E-state index is 0.132. The van der Waals surface area contributed by atoms with Gasteiger partial charge in [0.25, 0.3) is 11.8 Å². The molecule has 2 amide bonds. The maximum atomic E-state index is 13.3. The summed E-state index contributed by atoms with van der Waals surface area (Å²) in [6, 6.07) is 4.09. The Balaban J connectivity index is 2.08. The Kier molecular flexibility index (Phi) is 3.12. The second-order valence-corrected chi connectivity index (χ2v) is 8.57. The molecule has 0 atom stereocenters. The van der Waals surface area contributed by atoms with Crippen molar-refractivity contribution in [1.29, 1.82) is 0 Å². The van der Waals surface area contributed by atoms with Crippen LogP contribution in [0.15, 0.2) is 23.1 Å². The van der Waals surface area contributed by atoms with Crippen LogP contribution in [0, 0.1) is 6.92 Å². The molecule has 1 aromatic carbocycles. The number of carbonyl (C=O) groups excluding carboxylic acids is 2. The third-order valence-corrected chi connectivity index (χ3v) is 5.81. The summed E-state index contributed by atoms with van der Waals surface area (Å²) in [6.07, 6.45) is 2.11. The van der Waals surface area contributed by atoms with Gasteiger partial charge in [0.15, 0.2) is 0 Å². The third-order valence-electron chi connectivity index (χ3n) is 4.58. The summed E-state index contributed by atoms with van der Waals surface area (Å²) < 4.78 is 0.395. The van der Waals surface area contributed by atoms with E-state index >= 15 is 0 Å². The zero-order valence-electron chi connectivity index (χ0n) is 13.8. The van der Waals surface area contributed by atoms with Crippen LogP contribution >= 0.6 is 24.0 Å². The van der Waals surface area contributed by atoms with Gasteiger partial charge in [0, 0.05) is 11.1 Å². The van der Waals surface area contributed by atoms with E-state index in [1.807, 2.05) is 31.7 Å². The van der Waals surface area contributed by atoms with Crippen LogP contribution in [0.3, 0.4) is 0 Å². The van der Waals surface area contributed by atoms with E-state index in [2.05, 4.69) is 24.4 Å². The number of thiocarbonyl (C=S) groups is 1. The van der Waals surface area contributed by atoms with E-state index in [9.17, 15) is 9.59 Å². The van der Waals surface area contributed by atoms with Crippen molar-refractivity contribution in [3.63, 3.8) is 0 Å².